The molecule has 0 radical (unpaired) electrons. The highest BCUT2D eigenvalue weighted by Gasteiger charge is 2.52. The predicted molar refractivity (Wildman–Crippen MR) is 60.0 cm³/mol. The number of aromatic nitrogens is 2. The molecule has 2 heterocycles. The predicted octanol–water partition coefficient (Wildman–Crippen LogP) is -0.886. The number of rotatable bonds is 3. The second-order valence-electron chi connectivity index (χ2n) is 4.66. The van der Waals surface area contributed by atoms with Gasteiger partial charge in [0.1, 0.15) is 6.54 Å². The zero-order valence-electron chi connectivity index (χ0n) is 9.45. The molecule has 0 bridgehead atoms. The first-order chi connectivity index (χ1) is 8.25. The van der Waals surface area contributed by atoms with Crippen molar-refractivity contribution < 1.29 is 9.53 Å². The van der Waals surface area contributed by atoms with Gasteiger partial charge < -0.3 is 15.8 Å². The minimum atomic E-state index is -0.0666. The Morgan fingerprint density at radius 1 is 1.65 bits per heavy atom. The van der Waals surface area contributed by atoms with E-state index in [1.807, 2.05) is 0 Å². The molecule has 6 nitrogen and oxygen atoms in total. The van der Waals surface area contributed by atoms with Gasteiger partial charge in [0.2, 0.25) is 5.91 Å². The van der Waals surface area contributed by atoms with Gasteiger partial charge in [-0.05, 0) is 12.5 Å². The van der Waals surface area contributed by atoms with Gasteiger partial charge in [0, 0.05) is 31.0 Å². The van der Waals surface area contributed by atoms with Crippen LogP contribution in [0.4, 0.5) is 0 Å². The third-order valence-corrected chi connectivity index (χ3v) is 3.64. The maximum Gasteiger partial charge on any atom is 0.242 e. The number of nitrogens with zero attached hydrogens (tertiary/aromatic N) is 2. The van der Waals surface area contributed by atoms with Crippen LogP contribution in [0, 0.1) is 5.92 Å². The molecule has 2 fully saturated rings. The molecule has 0 spiro atoms. The van der Waals surface area contributed by atoms with Crippen molar-refractivity contribution in [3.8, 4) is 0 Å². The molecule has 6 heteroatoms. The average molecular weight is 236 g/mol. The van der Waals surface area contributed by atoms with Crippen LogP contribution in [0.5, 0.6) is 0 Å². The fraction of sp³-hybridized carbons (Fsp3) is 0.636. The molecule has 92 valence electrons. The number of ether oxygens (including phenoxy) is 1. The van der Waals surface area contributed by atoms with Gasteiger partial charge in [-0.2, -0.15) is 5.10 Å². The fourth-order valence-corrected chi connectivity index (χ4v) is 2.70. The van der Waals surface area contributed by atoms with E-state index in [9.17, 15) is 4.79 Å². The summed E-state index contributed by atoms with van der Waals surface area (Å²) in [6, 6.07) is 1.79. The van der Waals surface area contributed by atoms with Crippen LogP contribution in [0.1, 0.15) is 6.42 Å². The molecule has 1 amide bonds. The Bertz CT molecular complexity index is 406. The summed E-state index contributed by atoms with van der Waals surface area (Å²) in [7, 11) is 0. The lowest BCUT2D eigenvalue weighted by molar-refractivity contribution is -0.126. The molecular weight excluding hydrogens is 220 g/mol. The Kier molecular flexibility index (Phi) is 2.60. The van der Waals surface area contributed by atoms with E-state index >= 15 is 0 Å². The zero-order chi connectivity index (χ0) is 11.8. The molecular formula is C11H16N4O2. The van der Waals surface area contributed by atoms with E-state index in [0.717, 1.165) is 13.0 Å². The molecule has 1 aromatic heterocycles. The van der Waals surface area contributed by atoms with E-state index in [1.54, 1.807) is 23.1 Å². The van der Waals surface area contributed by atoms with Crippen molar-refractivity contribution in [3.63, 3.8) is 0 Å². The third-order valence-electron chi connectivity index (χ3n) is 3.64. The highest BCUT2D eigenvalue weighted by atomic mass is 16.5. The number of fused-ring (bicyclic) bond motifs is 1. The maximum atomic E-state index is 11.8. The van der Waals surface area contributed by atoms with E-state index < -0.39 is 0 Å². The number of carbonyl (C=O) groups is 1. The van der Waals surface area contributed by atoms with E-state index in [1.165, 1.54) is 0 Å². The van der Waals surface area contributed by atoms with Crippen LogP contribution in [0.25, 0.3) is 0 Å². The second-order valence-corrected chi connectivity index (χ2v) is 4.66. The van der Waals surface area contributed by atoms with Crippen molar-refractivity contribution in [2.75, 3.05) is 6.61 Å². The molecule has 0 aromatic carbocycles. The lowest BCUT2D eigenvalue weighted by Crippen LogP contribution is -2.69. The number of nitrogens with two attached hydrogens (primary N) is 1. The third kappa shape index (κ3) is 1.83. The molecule has 1 aliphatic heterocycles. The molecule has 4 unspecified atom stereocenters. The van der Waals surface area contributed by atoms with Gasteiger partial charge in [-0.1, -0.05) is 0 Å². The summed E-state index contributed by atoms with van der Waals surface area (Å²) in [4.78, 5) is 11.8. The largest absolute Gasteiger partial charge is 0.376 e. The van der Waals surface area contributed by atoms with Crippen LogP contribution in [0.15, 0.2) is 18.5 Å². The van der Waals surface area contributed by atoms with Gasteiger partial charge in [-0.25, -0.2) is 0 Å². The summed E-state index contributed by atoms with van der Waals surface area (Å²) in [5.41, 5.74) is 6.01. The van der Waals surface area contributed by atoms with Crippen molar-refractivity contribution in [2.45, 2.75) is 31.2 Å². The normalized spacial score (nSPS) is 35.1. The summed E-state index contributed by atoms with van der Waals surface area (Å²) in [5.74, 6) is 0.355. The van der Waals surface area contributed by atoms with Crippen molar-refractivity contribution in [3.05, 3.63) is 18.5 Å². The summed E-state index contributed by atoms with van der Waals surface area (Å²) < 4.78 is 7.14. The van der Waals surface area contributed by atoms with Gasteiger partial charge in [0.15, 0.2) is 0 Å². The first-order valence-corrected chi connectivity index (χ1v) is 5.89. The number of hydrogen-bond donors (Lipinski definition) is 2. The van der Waals surface area contributed by atoms with Gasteiger partial charge in [-0.15, -0.1) is 0 Å². The highest BCUT2D eigenvalue weighted by molar-refractivity contribution is 5.76. The summed E-state index contributed by atoms with van der Waals surface area (Å²) >= 11 is 0. The zero-order valence-corrected chi connectivity index (χ0v) is 9.45. The standard InChI is InChI=1S/C11H16N4O2/c12-9-7-2-5-17-11(7)10(9)14-8(16)6-15-4-1-3-13-15/h1,3-4,7,9-11H,2,5-6,12H2,(H,14,16). The van der Waals surface area contributed by atoms with Crippen molar-refractivity contribution >= 4 is 5.91 Å². The van der Waals surface area contributed by atoms with Crippen LogP contribution >= 0.6 is 0 Å². The van der Waals surface area contributed by atoms with E-state index in [-0.39, 0.29) is 30.6 Å². The van der Waals surface area contributed by atoms with Crippen LogP contribution in [0.3, 0.4) is 0 Å². The van der Waals surface area contributed by atoms with Crippen LogP contribution < -0.4 is 11.1 Å². The molecule has 3 N–H and O–H groups in total. The SMILES string of the molecule is NC1C2CCOC2C1NC(=O)Cn1cccn1. The Hall–Kier alpha value is -1.40. The van der Waals surface area contributed by atoms with Gasteiger partial charge >= 0.3 is 0 Å². The summed E-state index contributed by atoms with van der Waals surface area (Å²) in [6.45, 7) is 0.988. The lowest BCUT2D eigenvalue weighted by atomic mass is 9.72. The van der Waals surface area contributed by atoms with E-state index in [4.69, 9.17) is 10.5 Å². The van der Waals surface area contributed by atoms with Gasteiger partial charge in [-0.3, -0.25) is 9.48 Å². The van der Waals surface area contributed by atoms with Crippen LogP contribution in [-0.2, 0) is 16.1 Å². The topological polar surface area (TPSA) is 82.2 Å². The number of amides is 1. The fourth-order valence-electron chi connectivity index (χ4n) is 2.70. The molecule has 17 heavy (non-hydrogen) atoms. The Morgan fingerprint density at radius 2 is 2.53 bits per heavy atom. The number of hydrogen-bond acceptors (Lipinski definition) is 4. The summed E-state index contributed by atoms with van der Waals surface area (Å²) in [5, 5.41) is 6.91. The number of carbonyl (C=O) groups excluding carboxylic acids is 1. The molecule has 1 saturated heterocycles. The molecule has 2 aliphatic rings. The van der Waals surface area contributed by atoms with E-state index in [0.29, 0.717) is 5.92 Å². The minimum absolute atomic E-state index is 0.0315. The molecule has 1 saturated carbocycles. The van der Waals surface area contributed by atoms with Gasteiger partial charge in [0.05, 0.1) is 12.1 Å². The Morgan fingerprint density at radius 3 is 3.29 bits per heavy atom. The molecule has 1 aromatic rings. The maximum absolute atomic E-state index is 11.8. The Labute approximate surface area is 99.1 Å². The van der Waals surface area contributed by atoms with Crippen LogP contribution in [0.2, 0.25) is 0 Å². The highest BCUT2D eigenvalue weighted by Crippen LogP contribution is 2.37. The molecule has 4 atom stereocenters. The first-order valence-electron chi connectivity index (χ1n) is 5.89. The number of nitrogens with one attached hydrogen (secondary N) is 1. The smallest absolute Gasteiger partial charge is 0.242 e. The lowest BCUT2D eigenvalue weighted by Gasteiger charge is -2.45. The van der Waals surface area contributed by atoms with Crippen molar-refractivity contribution in [2.24, 2.45) is 11.7 Å². The first kappa shape index (κ1) is 10.7. The summed E-state index contributed by atoms with van der Waals surface area (Å²) in [6.07, 6.45) is 4.54. The molecule has 3 rings (SSSR count). The second kappa shape index (κ2) is 4.12. The average Bonchev–Trinajstić information content (AvgIpc) is 2.94. The minimum Gasteiger partial charge on any atom is -0.376 e. The molecule has 1 aliphatic carbocycles. The van der Waals surface area contributed by atoms with Crippen LogP contribution in [-0.4, -0.2) is 40.5 Å². The monoisotopic (exact) mass is 236 g/mol. The van der Waals surface area contributed by atoms with Crippen molar-refractivity contribution in [1.29, 1.82) is 0 Å². The van der Waals surface area contributed by atoms with Gasteiger partial charge in [0.25, 0.3) is 0 Å². The Balaban J connectivity index is 1.55. The van der Waals surface area contributed by atoms with E-state index in [2.05, 4.69) is 10.4 Å². The quantitative estimate of drug-likeness (QED) is 0.713. The van der Waals surface area contributed by atoms with Crippen molar-refractivity contribution in [1.82, 2.24) is 15.1 Å².